The predicted octanol–water partition coefficient (Wildman–Crippen LogP) is 3.84. The van der Waals surface area contributed by atoms with E-state index in [1.807, 2.05) is 60.7 Å². The minimum Gasteiger partial charge on any atom is -0.508 e. The zero-order chi connectivity index (χ0) is 19.9. The third kappa shape index (κ3) is 4.76. The minimum absolute atomic E-state index is 0.0518. The fraction of sp³-hybridized carbons (Fsp3) is 0.130. The number of hydrogen-bond acceptors (Lipinski definition) is 4. The minimum atomic E-state index is -0.976. The summed E-state index contributed by atoms with van der Waals surface area (Å²) >= 11 is 0. The fourth-order valence-electron chi connectivity index (χ4n) is 2.79. The molecule has 1 atom stereocenters. The lowest BCUT2D eigenvalue weighted by Crippen LogP contribution is -2.38. The summed E-state index contributed by atoms with van der Waals surface area (Å²) in [5, 5.41) is 12.3. The van der Waals surface area contributed by atoms with E-state index in [1.165, 1.54) is 31.2 Å². The number of nitrogens with one attached hydrogen (secondary N) is 1. The average Bonchev–Trinajstić information content (AvgIpc) is 2.73. The van der Waals surface area contributed by atoms with Crippen LogP contribution in [-0.4, -0.2) is 23.1 Å². The van der Waals surface area contributed by atoms with Crippen LogP contribution in [0.15, 0.2) is 84.9 Å². The molecule has 0 heterocycles. The second-order valence-corrected chi connectivity index (χ2v) is 6.36. The summed E-state index contributed by atoms with van der Waals surface area (Å²) in [7, 11) is 0. The number of aromatic hydroxyl groups is 1. The highest BCUT2D eigenvalue weighted by atomic mass is 16.5. The Morgan fingerprint density at radius 3 is 1.82 bits per heavy atom. The van der Waals surface area contributed by atoms with Gasteiger partial charge in [-0.2, -0.15) is 0 Å². The largest absolute Gasteiger partial charge is 0.508 e. The summed E-state index contributed by atoms with van der Waals surface area (Å²) in [5.74, 6) is -0.973. The van der Waals surface area contributed by atoms with Crippen LogP contribution in [0.4, 0.5) is 0 Å². The molecule has 0 bridgehead atoms. The van der Waals surface area contributed by atoms with Crippen molar-refractivity contribution in [3.05, 3.63) is 102 Å². The molecular formula is C23H21NO4. The van der Waals surface area contributed by atoms with Crippen molar-refractivity contribution in [2.24, 2.45) is 0 Å². The number of phenols is 1. The molecule has 0 aliphatic heterocycles. The van der Waals surface area contributed by atoms with Crippen molar-refractivity contribution in [1.82, 2.24) is 5.32 Å². The van der Waals surface area contributed by atoms with Crippen LogP contribution in [0.3, 0.4) is 0 Å². The van der Waals surface area contributed by atoms with Crippen molar-refractivity contribution < 1.29 is 19.4 Å². The number of phenolic OH excluding ortho intramolecular Hbond substituents is 1. The first-order valence-electron chi connectivity index (χ1n) is 8.95. The van der Waals surface area contributed by atoms with Crippen LogP contribution in [0.25, 0.3) is 0 Å². The number of amides is 1. The van der Waals surface area contributed by atoms with Crippen molar-refractivity contribution in [2.45, 2.75) is 19.1 Å². The van der Waals surface area contributed by atoms with E-state index in [-0.39, 0.29) is 17.4 Å². The van der Waals surface area contributed by atoms with Gasteiger partial charge in [-0.15, -0.1) is 0 Å². The first-order chi connectivity index (χ1) is 13.5. The highest BCUT2D eigenvalue weighted by molar-refractivity contribution is 5.92. The smallest absolute Gasteiger partial charge is 0.338 e. The van der Waals surface area contributed by atoms with Crippen LogP contribution in [0.5, 0.6) is 5.75 Å². The van der Waals surface area contributed by atoms with Crippen molar-refractivity contribution >= 4 is 11.9 Å². The topological polar surface area (TPSA) is 75.6 Å². The molecule has 0 spiro atoms. The van der Waals surface area contributed by atoms with Gasteiger partial charge in [0.25, 0.3) is 5.91 Å². The van der Waals surface area contributed by atoms with Gasteiger partial charge in [-0.05, 0) is 42.3 Å². The van der Waals surface area contributed by atoms with E-state index in [0.717, 1.165) is 11.1 Å². The Hall–Kier alpha value is -3.60. The van der Waals surface area contributed by atoms with E-state index in [1.54, 1.807) is 0 Å². The summed E-state index contributed by atoms with van der Waals surface area (Å²) in [6, 6.07) is 24.5. The standard InChI is InChI=1S/C23H21NO4/c1-16(28-23(27)19-12-14-20(25)15-13-19)22(26)24-21(17-8-4-2-5-9-17)18-10-6-3-7-11-18/h2-16,21,25H,1H3,(H,24,26)/t16-/m1/s1. The molecule has 3 aromatic carbocycles. The first-order valence-corrected chi connectivity index (χ1v) is 8.95. The number of rotatable bonds is 6. The molecule has 0 radical (unpaired) electrons. The Kier molecular flexibility index (Phi) is 6.07. The zero-order valence-electron chi connectivity index (χ0n) is 15.4. The molecule has 0 aliphatic rings. The summed E-state index contributed by atoms with van der Waals surface area (Å²) in [4.78, 5) is 24.9. The second-order valence-electron chi connectivity index (χ2n) is 6.36. The average molecular weight is 375 g/mol. The number of hydrogen-bond donors (Lipinski definition) is 2. The van der Waals surface area contributed by atoms with Crippen LogP contribution in [0.1, 0.15) is 34.5 Å². The Morgan fingerprint density at radius 2 is 1.32 bits per heavy atom. The molecule has 3 aromatic rings. The van der Waals surface area contributed by atoms with Crippen LogP contribution in [-0.2, 0) is 9.53 Å². The van der Waals surface area contributed by atoms with E-state index in [9.17, 15) is 14.7 Å². The summed E-state index contributed by atoms with van der Waals surface area (Å²) in [6.07, 6.45) is -0.976. The SMILES string of the molecule is C[C@@H](OC(=O)c1ccc(O)cc1)C(=O)NC(c1ccccc1)c1ccccc1. The van der Waals surface area contributed by atoms with E-state index in [0.29, 0.717) is 0 Å². The molecule has 1 amide bonds. The maximum atomic E-state index is 12.7. The van der Waals surface area contributed by atoms with Gasteiger partial charge in [0.15, 0.2) is 6.10 Å². The quantitative estimate of drug-likeness (QED) is 0.642. The van der Waals surface area contributed by atoms with Gasteiger partial charge in [0, 0.05) is 0 Å². The van der Waals surface area contributed by atoms with E-state index in [4.69, 9.17) is 4.74 Å². The van der Waals surface area contributed by atoms with Gasteiger partial charge in [-0.25, -0.2) is 4.79 Å². The Balaban J connectivity index is 1.72. The Morgan fingerprint density at radius 1 is 0.821 bits per heavy atom. The van der Waals surface area contributed by atoms with Crippen molar-refractivity contribution in [3.63, 3.8) is 0 Å². The first kappa shape index (κ1) is 19.2. The number of esters is 1. The van der Waals surface area contributed by atoms with Gasteiger partial charge >= 0.3 is 5.97 Å². The van der Waals surface area contributed by atoms with E-state index < -0.39 is 18.0 Å². The molecule has 0 unspecified atom stereocenters. The van der Waals surface area contributed by atoms with Gasteiger partial charge in [-0.1, -0.05) is 60.7 Å². The summed E-state index contributed by atoms with van der Waals surface area (Å²) in [6.45, 7) is 1.53. The lowest BCUT2D eigenvalue weighted by Gasteiger charge is -2.22. The van der Waals surface area contributed by atoms with Crippen molar-refractivity contribution in [1.29, 1.82) is 0 Å². The molecule has 0 saturated carbocycles. The van der Waals surface area contributed by atoms with Gasteiger partial charge < -0.3 is 15.2 Å². The zero-order valence-corrected chi connectivity index (χ0v) is 15.4. The maximum absolute atomic E-state index is 12.7. The third-order valence-electron chi connectivity index (χ3n) is 4.31. The molecule has 2 N–H and O–H groups in total. The van der Waals surface area contributed by atoms with Crippen molar-refractivity contribution in [3.8, 4) is 5.75 Å². The van der Waals surface area contributed by atoms with E-state index >= 15 is 0 Å². The number of carbonyl (C=O) groups is 2. The molecule has 142 valence electrons. The summed E-state index contributed by atoms with van der Waals surface area (Å²) < 4.78 is 5.28. The second kappa shape index (κ2) is 8.86. The highest BCUT2D eigenvalue weighted by Gasteiger charge is 2.23. The van der Waals surface area contributed by atoms with Crippen LogP contribution in [0.2, 0.25) is 0 Å². The predicted molar refractivity (Wildman–Crippen MR) is 106 cm³/mol. The van der Waals surface area contributed by atoms with Crippen LogP contribution in [0, 0.1) is 0 Å². The fourth-order valence-corrected chi connectivity index (χ4v) is 2.79. The monoisotopic (exact) mass is 375 g/mol. The normalized spacial score (nSPS) is 11.6. The molecule has 0 aliphatic carbocycles. The molecule has 5 nitrogen and oxygen atoms in total. The molecule has 28 heavy (non-hydrogen) atoms. The Bertz CT molecular complexity index is 884. The maximum Gasteiger partial charge on any atom is 0.338 e. The van der Waals surface area contributed by atoms with Gasteiger partial charge in [-0.3, -0.25) is 4.79 Å². The molecule has 5 heteroatoms. The molecule has 0 fully saturated rings. The van der Waals surface area contributed by atoms with Crippen molar-refractivity contribution in [2.75, 3.05) is 0 Å². The lowest BCUT2D eigenvalue weighted by atomic mass is 9.98. The lowest BCUT2D eigenvalue weighted by molar-refractivity contribution is -0.129. The number of carbonyl (C=O) groups excluding carboxylic acids is 2. The summed E-state index contributed by atoms with van der Waals surface area (Å²) in [5.41, 5.74) is 2.12. The number of ether oxygens (including phenoxy) is 1. The van der Waals surface area contributed by atoms with E-state index in [2.05, 4.69) is 5.32 Å². The van der Waals surface area contributed by atoms with Gasteiger partial charge in [0.2, 0.25) is 0 Å². The van der Waals surface area contributed by atoms with Crippen LogP contribution < -0.4 is 5.32 Å². The van der Waals surface area contributed by atoms with Crippen LogP contribution >= 0.6 is 0 Å². The van der Waals surface area contributed by atoms with Gasteiger partial charge in [0.05, 0.1) is 11.6 Å². The molecule has 0 saturated heterocycles. The molecule has 3 rings (SSSR count). The molecular weight excluding hydrogens is 354 g/mol. The third-order valence-corrected chi connectivity index (χ3v) is 4.31. The van der Waals surface area contributed by atoms with Gasteiger partial charge in [0.1, 0.15) is 5.75 Å². The molecule has 0 aromatic heterocycles. The number of benzene rings is 3. The Labute approximate surface area is 163 Å². The highest BCUT2D eigenvalue weighted by Crippen LogP contribution is 2.22.